The number of carbonyl (C=O) groups is 2. The maximum atomic E-state index is 12.1. The van der Waals surface area contributed by atoms with Gasteiger partial charge in [-0.1, -0.05) is 12.1 Å². The first-order chi connectivity index (χ1) is 14.0. The van der Waals surface area contributed by atoms with Gasteiger partial charge in [-0.15, -0.1) is 0 Å². The monoisotopic (exact) mass is 500 g/mol. The lowest BCUT2D eigenvalue weighted by Crippen LogP contribution is -2.17. The van der Waals surface area contributed by atoms with Gasteiger partial charge in [0, 0.05) is 24.4 Å². The Morgan fingerprint density at radius 1 is 1.07 bits per heavy atom. The van der Waals surface area contributed by atoms with Gasteiger partial charge >= 0.3 is 0 Å². The molecule has 0 aliphatic carbocycles. The van der Waals surface area contributed by atoms with Gasteiger partial charge in [0.05, 0.1) is 15.7 Å². The summed E-state index contributed by atoms with van der Waals surface area (Å²) < 4.78 is 12.9. The first kappa shape index (κ1) is 19.4. The van der Waals surface area contributed by atoms with Crippen molar-refractivity contribution >= 4 is 34.3 Å². The number of halogens is 1. The largest absolute Gasteiger partial charge is 0.491 e. The molecule has 0 radical (unpaired) electrons. The van der Waals surface area contributed by atoms with Gasteiger partial charge in [0.1, 0.15) is 17.6 Å². The molecule has 6 nitrogen and oxygen atoms in total. The quantitative estimate of drug-likeness (QED) is 0.537. The lowest BCUT2D eigenvalue weighted by atomic mass is 10.0. The number of hydrogen-bond acceptors (Lipinski definition) is 5. The standard InChI is InChI=1S/C22H17IN2O4/c23-19-18(6-5-16-17(26)9-12-28-21(16)19)29-20(14-7-10-25-11-8-14)13-1-3-15(4-2-13)22(24)27/h1-8,10-11,20H,9,12H2,(H2,24,27). The van der Waals surface area contributed by atoms with Crippen LogP contribution in [-0.2, 0) is 0 Å². The van der Waals surface area contributed by atoms with Gasteiger partial charge in [0.25, 0.3) is 0 Å². The molecule has 7 heteroatoms. The Morgan fingerprint density at radius 2 is 1.76 bits per heavy atom. The number of nitrogens with zero attached hydrogens (tertiary/aromatic N) is 1. The molecule has 1 aliphatic rings. The Kier molecular flexibility index (Phi) is 5.48. The van der Waals surface area contributed by atoms with Crippen LogP contribution >= 0.6 is 22.6 Å². The Bertz CT molecular complexity index is 1070. The van der Waals surface area contributed by atoms with Crippen LogP contribution in [-0.4, -0.2) is 23.3 Å². The molecule has 3 aromatic rings. The average molecular weight is 500 g/mol. The van der Waals surface area contributed by atoms with Crippen LogP contribution in [0, 0.1) is 3.57 Å². The molecule has 0 fully saturated rings. The number of nitrogens with two attached hydrogens (primary N) is 1. The van der Waals surface area contributed by atoms with Crippen molar-refractivity contribution in [3.05, 3.63) is 86.7 Å². The number of amides is 1. The molecule has 2 N–H and O–H groups in total. The number of benzene rings is 2. The summed E-state index contributed by atoms with van der Waals surface area (Å²) in [5.74, 6) is 0.768. The fraction of sp³-hybridized carbons (Fsp3) is 0.136. The van der Waals surface area contributed by atoms with E-state index < -0.39 is 12.0 Å². The minimum Gasteiger partial charge on any atom is -0.491 e. The second-order valence-electron chi connectivity index (χ2n) is 6.54. The van der Waals surface area contributed by atoms with Crippen LogP contribution in [0.25, 0.3) is 0 Å². The number of aromatic nitrogens is 1. The highest BCUT2D eigenvalue weighted by molar-refractivity contribution is 14.1. The number of hydrogen-bond donors (Lipinski definition) is 1. The first-order valence-electron chi connectivity index (χ1n) is 8.99. The zero-order chi connectivity index (χ0) is 20.4. The van der Waals surface area contributed by atoms with Gasteiger partial charge in [0.2, 0.25) is 5.91 Å². The van der Waals surface area contributed by atoms with Gasteiger partial charge < -0.3 is 15.2 Å². The summed E-state index contributed by atoms with van der Waals surface area (Å²) in [6.07, 6.45) is 3.34. The van der Waals surface area contributed by atoms with E-state index in [1.54, 1.807) is 36.7 Å². The van der Waals surface area contributed by atoms with Gasteiger partial charge in [-0.2, -0.15) is 0 Å². The highest BCUT2D eigenvalue weighted by Crippen LogP contribution is 2.39. The van der Waals surface area contributed by atoms with E-state index in [0.717, 1.165) is 14.7 Å². The second-order valence-corrected chi connectivity index (χ2v) is 7.62. The first-order valence-corrected chi connectivity index (χ1v) is 10.1. The molecule has 29 heavy (non-hydrogen) atoms. The van der Waals surface area contributed by atoms with Crippen molar-refractivity contribution < 1.29 is 19.1 Å². The molecule has 2 heterocycles. The van der Waals surface area contributed by atoms with Crippen molar-refractivity contribution in [1.29, 1.82) is 0 Å². The molecular weight excluding hydrogens is 483 g/mol. The predicted octanol–water partition coefficient (Wildman–Crippen LogP) is 3.92. The summed E-state index contributed by atoms with van der Waals surface area (Å²) in [4.78, 5) is 27.6. The fourth-order valence-corrected chi connectivity index (χ4v) is 3.94. The summed E-state index contributed by atoms with van der Waals surface area (Å²) in [7, 11) is 0. The molecule has 1 amide bonds. The van der Waals surface area contributed by atoms with E-state index >= 15 is 0 Å². The maximum absolute atomic E-state index is 12.1. The van der Waals surface area contributed by atoms with E-state index in [4.69, 9.17) is 15.2 Å². The Hall–Kier alpha value is -2.94. The minimum absolute atomic E-state index is 0.0726. The SMILES string of the molecule is NC(=O)c1ccc(C(Oc2ccc3c(c2I)OCCC3=O)c2ccncc2)cc1. The number of pyridine rings is 1. The minimum atomic E-state index is -0.482. The van der Waals surface area contributed by atoms with Crippen LogP contribution in [0.5, 0.6) is 11.5 Å². The number of Topliss-reactive ketones (excluding diaryl/α,β-unsaturated/α-hetero) is 1. The van der Waals surface area contributed by atoms with Crippen molar-refractivity contribution in [3.63, 3.8) is 0 Å². The summed E-state index contributed by atoms with van der Waals surface area (Å²) in [5, 5.41) is 0. The van der Waals surface area contributed by atoms with Gasteiger partial charge in [-0.3, -0.25) is 14.6 Å². The number of ether oxygens (including phenoxy) is 2. The van der Waals surface area contributed by atoms with E-state index in [2.05, 4.69) is 27.6 Å². The van der Waals surface area contributed by atoms with Crippen LogP contribution in [0.2, 0.25) is 0 Å². The average Bonchev–Trinajstić information content (AvgIpc) is 2.74. The summed E-state index contributed by atoms with van der Waals surface area (Å²) in [5.41, 5.74) is 8.11. The molecular formula is C22H17IN2O4. The molecule has 146 valence electrons. The zero-order valence-electron chi connectivity index (χ0n) is 15.3. The fourth-order valence-electron chi connectivity index (χ4n) is 3.19. The van der Waals surface area contributed by atoms with E-state index in [9.17, 15) is 9.59 Å². The molecule has 1 atom stereocenters. The van der Waals surface area contributed by atoms with Crippen LogP contribution < -0.4 is 15.2 Å². The van der Waals surface area contributed by atoms with E-state index in [0.29, 0.717) is 35.7 Å². The number of ketones is 1. The van der Waals surface area contributed by atoms with Crippen LogP contribution in [0.15, 0.2) is 60.9 Å². The third-order valence-electron chi connectivity index (χ3n) is 4.69. The van der Waals surface area contributed by atoms with Crippen LogP contribution in [0.4, 0.5) is 0 Å². The maximum Gasteiger partial charge on any atom is 0.248 e. The van der Waals surface area contributed by atoms with Gasteiger partial charge in [-0.25, -0.2) is 0 Å². The number of carbonyl (C=O) groups excluding carboxylic acids is 2. The smallest absolute Gasteiger partial charge is 0.248 e. The van der Waals surface area contributed by atoms with Crippen molar-refractivity contribution in [3.8, 4) is 11.5 Å². The molecule has 1 aromatic heterocycles. The molecule has 1 unspecified atom stereocenters. The van der Waals surface area contributed by atoms with Crippen LogP contribution in [0.3, 0.4) is 0 Å². The van der Waals surface area contributed by atoms with E-state index in [-0.39, 0.29) is 5.78 Å². The summed E-state index contributed by atoms with van der Waals surface area (Å²) >= 11 is 2.14. The van der Waals surface area contributed by atoms with E-state index in [1.165, 1.54) is 0 Å². The van der Waals surface area contributed by atoms with Crippen LogP contribution in [0.1, 0.15) is 44.4 Å². The summed E-state index contributed by atoms with van der Waals surface area (Å²) in [6.45, 7) is 0.369. The Balaban J connectivity index is 1.73. The molecule has 0 bridgehead atoms. The third kappa shape index (κ3) is 3.95. The molecule has 2 aromatic carbocycles. The normalized spacial score (nSPS) is 13.9. The summed E-state index contributed by atoms with van der Waals surface area (Å²) in [6, 6.07) is 14.3. The Labute approximate surface area is 181 Å². The predicted molar refractivity (Wildman–Crippen MR) is 115 cm³/mol. The molecule has 0 spiro atoms. The second kappa shape index (κ2) is 8.20. The Morgan fingerprint density at radius 3 is 2.45 bits per heavy atom. The van der Waals surface area contributed by atoms with Crippen molar-refractivity contribution in [1.82, 2.24) is 4.98 Å². The highest BCUT2D eigenvalue weighted by atomic mass is 127. The van der Waals surface area contributed by atoms with Crippen molar-refractivity contribution in [2.75, 3.05) is 6.61 Å². The topological polar surface area (TPSA) is 91.5 Å². The number of primary amides is 1. The van der Waals surface area contributed by atoms with Crippen molar-refractivity contribution in [2.24, 2.45) is 5.73 Å². The molecule has 1 aliphatic heterocycles. The molecule has 4 rings (SSSR count). The lowest BCUT2D eigenvalue weighted by Gasteiger charge is -2.24. The van der Waals surface area contributed by atoms with Gasteiger partial charge in [-0.05, 0) is 70.1 Å². The molecule has 0 saturated heterocycles. The van der Waals surface area contributed by atoms with E-state index in [1.807, 2.05) is 24.3 Å². The number of rotatable bonds is 5. The molecule has 0 saturated carbocycles. The zero-order valence-corrected chi connectivity index (χ0v) is 17.5. The van der Waals surface area contributed by atoms with Gasteiger partial charge in [0.15, 0.2) is 5.78 Å². The third-order valence-corrected chi connectivity index (χ3v) is 5.71. The van der Waals surface area contributed by atoms with Crippen molar-refractivity contribution in [2.45, 2.75) is 12.5 Å². The highest BCUT2D eigenvalue weighted by Gasteiger charge is 2.25. The lowest BCUT2D eigenvalue weighted by molar-refractivity contribution is 0.0931. The number of fused-ring (bicyclic) bond motifs is 1.